The number of piperidine rings is 2. The molecule has 3 N–H and O–H groups in total. The maximum absolute atomic E-state index is 13.3. The average Bonchev–Trinajstić information content (AvgIpc) is 2.91. The number of anilines is 1. The predicted octanol–water partition coefficient (Wildman–Crippen LogP) is 1.20. The molecule has 2 aromatic heterocycles. The average molecular weight is 565 g/mol. The number of nitrogens with two attached hydrogens (primary N) is 1. The molecule has 2 amide bonds. The molecular weight excluding hydrogens is 532 g/mol. The first-order valence-corrected chi connectivity index (χ1v) is 15.0. The Hall–Kier alpha value is -3.77. The zero-order valence-corrected chi connectivity index (χ0v) is 23.1. The van der Waals surface area contributed by atoms with Crippen molar-refractivity contribution in [2.45, 2.75) is 49.6 Å². The van der Waals surface area contributed by atoms with E-state index < -0.39 is 22.0 Å². The SMILES string of the molecule is Cc1cc2ccc(S(=O)(=O)N[C@H]3CCCN(CC(=O)N4CC5C[C@@H](C4)Cn4c5cccc4=O)C3=O)cc2c(N)n1. The first kappa shape index (κ1) is 26.5. The number of pyridine rings is 2. The number of carbonyl (C=O) groups excluding carboxylic acids is 2. The number of rotatable bonds is 5. The van der Waals surface area contributed by atoms with Crippen LogP contribution in [0.5, 0.6) is 0 Å². The Labute approximate surface area is 232 Å². The molecule has 12 heteroatoms. The molecule has 3 aliphatic rings. The number of sulfonamides is 1. The highest BCUT2D eigenvalue weighted by Gasteiger charge is 2.38. The summed E-state index contributed by atoms with van der Waals surface area (Å²) in [5.41, 5.74) is 7.69. The number of aryl methyl sites for hydroxylation is 1. The van der Waals surface area contributed by atoms with Crippen LogP contribution in [0.25, 0.3) is 10.8 Å². The number of fused-ring (bicyclic) bond motifs is 5. The lowest BCUT2D eigenvalue weighted by molar-refractivity contribution is -0.144. The molecule has 6 rings (SSSR count). The number of nitrogens with zero attached hydrogens (tertiary/aromatic N) is 4. The molecule has 1 aromatic carbocycles. The number of hydrogen-bond donors (Lipinski definition) is 2. The molecule has 5 heterocycles. The standard InChI is InChI=1S/C28H32N6O5S/c1-17-10-19-7-8-21(12-22(19)27(29)30-17)40(38,39)31-23-4-3-9-32(28(23)37)16-26(36)33-13-18-11-20(15-33)24-5-2-6-25(35)34(24)14-18/h2,5-8,10,12,18,20,23,31H,3-4,9,11,13-16H2,1H3,(H2,29,30)/t18-,20?,23-/m0/s1. The Morgan fingerprint density at radius 1 is 1.12 bits per heavy atom. The number of carbonyl (C=O) groups is 2. The smallest absolute Gasteiger partial charge is 0.250 e. The second kappa shape index (κ2) is 10.0. The third-order valence-electron chi connectivity index (χ3n) is 8.26. The Bertz CT molecular complexity index is 1690. The number of likely N-dealkylation sites (tertiary alicyclic amines) is 2. The molecule has 2 fully saturated rings. The van der Waals surface area contributed by atoms with Crippen molar-refractivity contribution in [3.8, 4) is 0 Å². The first-order valence-electron chi connectivity index (χ1n) is 13.5. The van der Waals surface area contributed by atoms with E-state index in [-0.39, 0.29) is 40.6 Å². The zero-order valence-electron chi connectivity index (χ0n) is 22.2. The summed E-state index contributed by atoms with van der Waals surface area (Å²) in [6, 6.07) is 10.7. The molecular formula is C28H32N6O5S. The minimum absolute atomic E-state index is 0.00222. The zero-order chi connectivity index (χ0) is 28.2. The molecule has 3 aromatic rings. The molecule has 11 nitrogen and oxygen atoms in total. The van der Waals surface area contributed by atoms with E-state index in [1.807, 2.05) is 23.6 Å². The van der Waals surface area contributed by atoms with E-state index in [2.05, 4.69) is 9.71 Å². The molecule has 2 bridgehead atoms. The van der Waals surface area contributed by atoms with Crippen LogP contribution in [0.15, 0.2) is 52.2 Å². The van der Waals surface area contributed by atoms with Crippen LogP contribution in [0, 0.1) is 12.8 Å². The molecule has 3 atom stereocenters. The predicted molar refractivity (Wildman–Crippen MR) is 149 cm³/mol. The van der Waals surface area contributed by atoms with Crippen LogP contribution < -0.4 is 16.0 Å². The second-order valence-corrected chi connectivity index (χ2v) is 12.8. The summed E-state index contributed by atoms with van der Waals surface area (Å²) in [5.74, 6) is -0.0667. The number of hydrogen-bond acceptors (Lipinski definition) is 7. The van der Waals surface area contributed by atoms with E-state index in [0.717, 1.165) is 23.2 Å². The maximum atomic E-state index is 13.3. The van der Waals surface area contributed by atoms with Crippen LogP contribution in [0.1, 0.15) is 36.6 Å². The van der Waals surface area contributed by atoms with E-state index in [4.69, 9.17) is 5.73 Å². The van der Waals surface area contributed by atoms with Gasteiger partial charge in [0.25, 0.3) is 5.56 Å². The van der Waals surface area contributed by atoms with E-state index in [1.165, 1.54) is 17.0 Å². The fourth-order valence-electron chi connectivity index (χ4n) is 6.38. The van der Waals surface area contributed by atoms with Gasteiger partial charge in [0.15, 0.2) is 0 Å². The van der Waals surface area contributed by atoms with Gasteiger partial charge in [0.1, 0.15) is 11.9 Å². The molecule has 40 heavy (non-hydrogen) atoms. The summed E-state index contributed by atoms with van der Waals surface area (Å²) in [7, 11) is -4.03. The molecule has 0 radical (unpaired) electrons. The minimum Gasteiger partial charge on any atom is -0.383 e. The largest absolute Gasteiger partial charge is 0.383 e. The number of aromatic nitrogens is 2. The Balaban J connectivity index is 1.14. The van der Waals surface area contributed by atoms with Gasteiger partial charge in [0, 0.05) is 54.9 Å². The third-order valence-corrected chi connectivity index (χ3v) is 9.73. The molecule has 0 aliphatic carbocycles. The van der Waals surface area contributed by atoms with E-state index >= 15 is 0 Å². The highest BCUT2D eigenvalue weighted by Crippen LogP contribution is 2.35. The van der Waals surface area contributed by atoms with Crippen LogP contribution in [0.2, 0.25) is 0 Å². The van der Waals surface area contributed by atoms with Crippen molar-refractivity contribution in [1.82, 2.24) is 24.1 Å². The quantitative estimate of drug-likeness (QED) is 0.473. The number of nitrogens with one attached hydrogen (secondary N) is 1. The van der Waals surface area contributed by atoms with Gasteiger partial charge in [-0.15, -0.1) is 0 Å². The van der Waals surface area contributed by atoms with Gasteiger partial charge in [-0.25, -0.2) is 13.4 Å². The van der Waals surface area contributed by atoms with Crippen LogP contribution in [0.3, 0.4) is 0 Å². The lowest BCUT2D eigenvalue weighted by Gasteiger charge is -2.43. The molecule has 2 saturated heterocycles. The van der Waals surface area contributed by atoms with Crippen molar-refractivity contribution in [2.75, 3.05) is 31.9 Å². The van der Waals surface area contributed by atoms with Gasteiger partial charge in [0.2, 0.25) is 21.8 Å². The molecule has 0 spiro atoms. The van der Waals surface area contributed by atoms with Gasteiger partial charge < -0.3 is 20.1 Å². The number of nitrogen functional groups attached to an aromatic ring is 1. The van der Waals surface area contributed by atoms with Gasteiger partial charge in [0.05, 0.1) is 11.4 Å². The van der Waals surface area contributed by atoms with Crippen molar-refractivity contribution in [2.24, 2.45) is 5.92 Å². The van der Waals surface area contributed by atoms with E-state index in [1.54, 1.807) is 23.1 Å². The van der Waals surface area contributed by atoms with Crippen LogP contribution >= 0.6 is 0 Å². The summed E-state index contributed by atoms with van der Waals surface area (Å²) in [6.45, 7) is 3.71. The van der Waals surface area contributed by atoms with Gasteiger partial charge in [-0.05, 0) is 61.8 Å². The Kier molecular flexibility index (Phi) is 6.62. The van der Waals surface area contributed by atoms with Crippen molar-refractivity contribution < 1.29 is 18.0 Å². The fraction of sp³-hybridized carbons (Fsp3) is 0.429. The highest BCUT2D eigenvalue weighted by atomic mass is 32.2. The van der Waals surface area contributed by atoms with Crippen molar-refractivity contribution in [3.63, 3.8) is 0 Å². The van der Waals surface area contributed by atoms with Gasteiger partial charge in [-0.1, -0.05) is 12.1 Å². The van der Waals surface area contributed by atoms with Crippen LogP contribution in [-0.2, 0) is 26.2 Å². The monoisotopic (exact) mass is 564 g/mol. The molecule has 3 aliphatic heterocycles. The van der Waals surface area contributed by atoms with Crippen LogP contribution in [0.4, 0.5) is 5.82 Å². The number of benzene rings is 1. The minimum atomic E-state index is -4.03. The summed E-state index contributed by atoms with van der Waals surface area (Å²) >= 11 is 0. The Morgan fingerprint density at radius 3 is 2.77 bits per heavy atom. The van der Waals surface area contributed by atoms with Crippen molar-refractivity contribution in [3.05, 3.63) is 64.2 Å². The summed E-state index contributed by atoms with van der Waals surface area (Å²) < 4.78 is 30.8. The Morgan fingerprint density at radius 2 is 1.95 bits per heavy atom. The number of amides is 2. The molecule has 0 saturated carbocycles. The first-order chi connectivity index (χ1) is 19.1. The maximum Gasteiger partial charge on any atom is 0.250 e. The van der Waals surface area contributed by atoms with Crippen molar-refractivity contribution in [1.29, 1.82) is 0 Å². The van der Waals surface area contributed by atoms with Crippen molar-refractivity contribution >= 4 is 38.4 Å². The highest BCUT2D eigenvalue weighted by molar-refractivity contribution is 7.89. The molecule has 210 valence electrons. The summed E-state index contributed by atoms with van der Waals surface area (Å²) in [5, 5.41) is 1.30. The van der Waals surface area contributed by atoms with E-state index in [0.29, 0.717) is 44.4 Å². The second-order valence-electron chi connectivity index (χ2n) is 11.1. The topological polar surface area (TPSA) is 148 Å². The normalized spacial score (nSPS) is 22.8. The van der Waals surface area contributed by atoms with Crippen LogP contribution in [-0.4, -0.2) is 71.8 Å². The summed E-state index contributed by atoms with van der Waals surface area (Å²) in [4.78, 5) is 46.4. The fourth-order valence-corrected chi connectivity index (χ4v) is 7.63. The lowest BCUT2D eigenvalue weighted by atomic mass is 9.83. The molecule has 1 unspecified atom stereocenters. The summed E-state index contributed by atoms with van der Waals surface area (Å²) in [6.07, 6.45) is 1.84. The third kappa shape index (κ3) is 4.86. The van der Waals surface area contributed by atoms with Gasteiger partial charge in [-0.2, -0.15) is 4.72 Å². The lowest BCUT2D eigenvalue weighted by Crippen LogP contribution is -2.56. The van der Waals surface area contributed by atoms with Gasteiger partial charge in [-0.3, -0.25) is 14.4 Å². The van der Waals surface area contributed by atoms with E-state index in [9.17, 15) is 22.8 Å². The van der Waals surface area contributed by atoms with Gasteiger partial charge >= 0.3 is 0 Å².